The molecule has 1 aliphatic rings. The third-order valence-electron chi connectivity index (χ3n) is 2.99. The van der Waals surface area contributed by atoms with E-state index in [0.717, 1.165) is 18.5 Å². The fourth-order valence-corrected chi connectivity index (χ4v) is 2.18. The molecule has 0 bridgehead atoms. The molecule has 0 atom stereocenters. The van der Waals surface area contributed by atoms with Crippen molar-refractivity contribution in [3.63, 3.8) is 0 Å². The van der Waals surface area contributed by atoms with E-state index in [-0.39, 0.29) is 11.5 Å². The molecule has 1 N–H and O–H groups in total. The van der Waals surface area contributed by atoms with Gasteiger partial charge in [-0.05, 0) is 24.5 Å². The fraction of sp³-hybridized carbons (Fsp3) is 0.286. The molecule has 0 spiro atoms. The van der Waals surface area contributed by atoms with E-state index in [1.54, 1.807) is 11.9 Å². The molecule has 4 heteroatoms. The standard InChI is InChI=1S/C14H15N3O/c1-16-10-12(9-15)14(18)17-8-4-6-11-5-2-3-7-13(11)17/h2-3,5,7,10,16H,4,6,8H2,1H3/b12-10-. The Balaban J connectivity index is 2.34. The highest BCUT2D eigenvalue weighted by atomic mass is 16.2. The monoisotopic (exact) mass is 241 g/mol. The lowest BCUT2D eigenvalue weighted by Crippen LogP contribution is -2.36. The molecule has 18 heavy (non-hydrogen) atoms. The molecule has 0 aliphatic carbocycles. The van der Waals surface area contributed by atoms with Crippen molar-refractivity contribution < 1.29 is 4.79 Å². The van der Waals surface area contributed by atoms with Crippen LogP contribution < -0.4 is 10.2 Å². The van der Waals surface area contributed by atoms with Crippen LogP contribution in [0.25, 0.3) is 0 Å². The average molecular weight is 241 g/mol. The number of hydrogen-bond acceptors (Lipinski definition) is 3. The van der Waals surface area contributed by atoms with Crippen LogP contribution in [0.5, 0.6) is 0 Å². The van der Waals surface area contributed by atoms with Gasteiger partial charge in [0.05, 0.1) is 0 Å². The normalized spacial score (nSPS) is 14.7. The first kappa shape index (κ1) is 12.2. The number of nitrogens with zero attached hydrogens (tertiary/aromatic N) is 2. The predicted octanol–water partition coefficient (Wildman–Crippen LogP) is 1.59. The Bertz CT molecular complexity index is 528. The molecule has 4 nitrogen and oxygen atoms in total. The molecule has 0 saturated heterocycles. The molecular formula is C14H15N3O. The second-order valence-electron chi connectivity index (χ2n) is 4.15. The van der Waals surface area contributed by atoms with Crippen LogP contribution in [0.4, 0.5) is 5.69 Å². The van der Waals surface area contributed by atoms with E-state index >= 15 is 0 Å². The molecule has 0 unspecified atom stereocenters. The highest BCUT2D eigenvalue weighted by Crippen LogP contribution is 2.27. The van der Waals surface area contributed by atoms with Gasteiger partial charge in [0.25, 0.3) is 5.91 Å². The van der Waals surface area contributed by atoms with E-state index in [2.05, 4.69) is 5.32 Å². The van der Waals surface area contributed by atoms with Crippen molar-refractivity contribution in [1.82, 2.24) is 5.32 Å². The van der Waals surface area contributed by atoms with E-state index in [1.165, 1.54) is 11.8 Å². The van der Waals surface area contributed by atoms with E-state index in [9.17, 15) is 4.79 Å². The molecule has 92 valence electrons. The largest absolute Gasteiger partial charge is 0.393 e. The number of rotatable bonds is 2. The van der Waals surface area contributed by atoms with Crippen LogP contribution in [0.3, 0.4) is 0 Å². The van der Waals surface area contributed by atoms with Gasteiger partial charge < -0.3 is 10.2 Å². The maximum atomic E-state index is 12.3. The highest BCUT2D eigenvalue weighted by molar-refractivity contribution is 6.08. The summed E-state index contributed by atoms with van der Waals surface area (Å²) in [5, 5.41) is 11.7. The zero-order chi connectivity index (χ0) is 13.0. The van der Waals surface area contributed by atoms with Crippen LogP contribution in [0.2, 0.25) is 0 Å². The first-order chi connectivity index (χ1) is 8.77. The molecular weight excluding hydrogens is 226 g/mol. The van der Waals surface area contributed by atoms with Crippen molar-refractivity contribution >= 4 is 11.6 Å². The third-order valence-corrected chi connectivity index (χ3v) is 2.99. The average Bonchev–Trinajstić information content (AvgIpc) is 2.43. The van der Waals surface area contributed by atoms with Crippen LogP contribution in [0.1, 0.15) is 12.0 Å². The summed E-state index contributed by atoms with van der Waals surface area (Å²) in [6, 6.07) is 9.79. The summed E-state index contributed by atoms with van der Waals surface area (Å²) >= 11 is 0. The second kappa shape index (κ2) is 5.37. The number of anilines is 1. The summed E-state index contributed by atoms with van der Waals surface area (Å²) in [6.45, 7) is 0.665. The number of nitrogens with one attached hydrogen (secondary N) is 1. The van der Waals surface area contributed by atoms with Crippen molar-refractivity contribution in [1.29, 1.82) is 5.26 Å². The number of hydrogen-bond donors (Lipinski definition) is 1. The summed E-state index contributed by atoms with van der Waals surface area (Å²) in [7, 11) is 1.68. The van der Waals surface area contributed by atoms with Crippen molar-refractivity contribution in [2.45, 2.75) is 12.8 Å². The minimum Gasteiger partial charge on any atom is -0.393 e. The summed E-state index contributed by atoms with van der Waals surface area (Å²) in [5.41, 5.74) is 2.22. The molecule has 1 aromatic carbocycles. The number of benzene rings is 1. The van der Waals surface area contributed by atoms with Crippen LogP contribution in [-0.4, -0.2) is 19.5 Å². The summed E-state index contributed by atoms with van der Waals surface area (Å²) in [5.74, 6) is -0.237. The van der Waals surface area contributed by atoms with Crippen molar-refractivity contribution in [3.05, 3.63) is 41.6 Å². The number of fused-ring (bicyclic) bond motifs is 1. The molecule has 0 saturated carbocycles. The zero-order valence-electron chi connectivity index (χ0n) is 10.3. The third kappa shape index (κ3) is 2.21. The maximum Gasteiger partial charge on any atom is 0.270 e. The van der Waals surface area contributed by atoms with Crippen molar-refractivity contribution in [2.24, 2.45) is 0 Å². The van der Waals surface area contributed by atoms with E-state index < -0.39 is 0 Å². The molecule has 1 aromatic rings. The molecule has 0 aromatic heterocycles. The number of aryl methyl sites for hydroxylation is 1. The molecule has 2 rings (SSSR count). The molecule has 1 aliphatic heterocycles. The molecule has 0 fully saturated rings. The number of carbonyl (C=O) groups excluding carboxylic acids is 1. The van der Waals surface area contributed by atoms with Gasteiger partial charge in [0.2, 0.25) is 0 Å². The van der Waals surface area contributed by atoms with E-state index in [0.29, 0.717) is 6.54 Å². The molecule has 1 heterocycles. The summed E-state index contributed by atoms with van der Waals surface area (Å²) in [4.78, 5) is 14.0. The predicted molar refractivity (Wildman–Crippen MR) is 69.9 cm³/mol. The van der Waals surface area contributed by atoms with Gasteiger partial charge >= 0.3 is 0 Å². The molecule has 0 radical (unpaired) electrons. The van der Waals surface area contributed by atoms with Crippen molar-refractivity contribution in [2.75, 3.05) is 18.5 Å². The first-order valence-corrected chi connectivity index (χ1v) is 5.95. The SMILES string of the molecule is CN/C=C(/C#N)C(=O)N1CCCc2ccccc21. The second-order valence-corrected chi connectivity index (χ2v) is 4.15. The van der Waals surface area contributed by atoms with Gasteiger partial charge in [-0.1, -0.05) is 18.2 Å². The van der Waals surface area contributed by atoms with Gasteiger partial charge in [0, 0.05) is 25.5 Å². The Kier molecular flexibility index (Phi) is 3.63. The lowest BCUT2D eigenvalue weighted by Gasteiger charge is -2.29. The van der Waals surface area contributed by atoms with Crippen LogP contribution in [-0.2, 0) is 11.2 Å². The van der Waals surface area contributed by atoms with Gasteiger partial charge in [0.15, 0.2) is 0 Å². The number of para-hydroxylation sites is 1. The smallest absolute Gasteiger partial charge is 0.270 e. The van der Waals surface area contributed by atoms with E-state index in [4.69, 9.17) is 5.26 Å². The lowest BCUT2D eigenvalue weighted by molar-refractivity contribution is -0.114. The number of carbonyl (C=O) groups is 1. The quantitative estimate of drug-likeness (QED) is 0.632. The van der Waals surface area contributed by atoms with Gasteiger partial charge in [-0.25, -0.2) is 0 Å². The topological polar surface area (TPSA) is 56.1 Å². The number of amides is 1. The van der Waals surface area contributed by atoms with Crippen LogP contribution >= 0.6 is 0 Å². The lowest BCUT2D eigenvalue weighted by atomic mass is 10.0. The Labute approximate surface area is 107 Å². The van der Waals surface area contributed by atoms with Gasteiger partial charge in [0.1, 0.15) is 11.6 Å². The highest BCUT2D eigenvalue weighted by Gasteiger charge is 2.24. The van der Waals surface area contributed by atoms with Gasteiger partial charge in [-0.15, -0.1) is 0 Å². The minimum absolute atomic E-state index is 0.134. The fourth-order valence-electron chi connectivity index (χ4n) is 2.18. The van der Waals surface area contributed by atoms with Crippen molar-refractivity contribution in [3.8, 4) is 6.07 Å². The van der Waals surface area contributed by atoms with Gasteiger partial charge in [-0.2, -0.15) is 5.26 Å². The first-order valence-electron chi connectivity index (χ1n) is 5.95. The maximum absolute atomic E-state index is 12.3. The molecule has 1 amide bonds. The Hall–Kier alpha value is -2.28. The Morgan fingerprint density at radius 1 is 1.50 bits per heavy atom. The Morgan fingerprint density at radius 3 is 3.00 bits per heavy atom. The summed E-state index contributed by atoms with van der Waals surface area (Å²) in [6.07, 6.45) is 3.36. The zero-order valence-corrected chi connectivity index (χ0v) is 10.3. The minimum atomic E-state index is -0.237. The Morgan fingerprint density at radius 2 is 2.28 bits per heavy atom. The van der Waals surface area contributed by atoms with E-state index in [1.807, 2.05) is 30.3 Å². The number of nitriles is 1. The van der Waals surface area contributed by atoms with Crippen LogP contribution in [0.15, 0.2) is 36.0 Å². The van der Waals surface area contributed by atoms with Gasteiger partial charge in [-0.3, -0.25) is 4.79 Å². The summed E-state index contributed by atoms with van der Waals surface area (Å²) < 4.78 is 0. The van der Waals surface area contributed by atoms with Crippen LogP contribution in [0, 0.1) is 11.3 Å².